The zero-order valence-electron chi connectivity index (χ0n) is 11.9. The largest absolute Gasteiger partial charge is 0.268 e. The molecule has 0 aromatic heterocycles. The number of amides is 1. The number of anilines is 1. The molecule has 3 rings (SSSR count). The van der Waals surface area contributed by atoms with Gasteiger partial charge in [0.1, 0.15) is 0 Å². The Labute approximate surface area is 134 Å². The van der Waals surface area contributed by atoms with Gasteiger partial charge in [0, 0.05) is 10.5 Å². The van der Waals surface area contributed by atoms with Crippen molar-refractivity contribution in [1.29, 1.82) is 0 Å². The van der Waals surface area contributed by atoms with Crippen molar-refractivity contribution >= 4 is 23.5 Å². The summed E-state index contributed by atoms with van der Waals surface area (Å²) >= 11 is 1.43. The van der Waals surface area contributed by atoms with Crippen LogP contribution in [0.25, 0.3) is 0 Å². The normalized spacial score (nSPS) is 10.2. The van der Waals surface area contributed by atoms with Crippen LogP contribution in [0.15, 0.2) is 95.9 Å². The SMILES string of the molecule is O=C(c1ccccc1)N(Sc1ccccc1)c1ccccc1. The number of hydrogen-bond donors (Lipinski definition) is 0. The summed E-state index contributed by atoms with van der Waals surface area (Å²) in [5.74, 6) is -0.0272. The highest BCUT2D eigenvalue weighted by atomic mass is 32.2. The van der Waals surface area contributed by atoms with Gasteiger partial charge in [0.15, 0.2) is 0 Å². The maximum atomic E-state index is 12.9. The number of rotatable bonds is 4. The standard InChI is InChI=1S/C19H15NOS/c21-19(16-10-4-1-5-11-16)20(17-12-6-2-7-13-17)22-18-14-8-3-9-15-18/h1-15H. The van der Waals surface area contributed by atoms with E-state index in [9.17, 15) is 4.79 Å². The van der Waals surface area contributed by atoms with Crippen molar-refractivity contribution in [2.45, 2.75) is 4.90 Å². The van der Waals surface area contributed by atoms with Crippen LogP contribution in [0.4, 0.5) is 5.69 Å². The summed E-state index contributed by atoms with van der Waals surface area (Å²) in [6.07, 6.45) is 0. The van der Waals surface area contributed by atoms with Crippen molar-refractivity contribution in [3.63, 3.8) is 0 Å². The lowest BCUT2D eigenvalue weighted by Gasteiger charge is -2.21. The van der Waals surface area contributed by atoms with E-state index in [0.717, 1.165) is 10.6 Å². The van der Waals surface area contributed by atoms with Crippen molar-refractivity contribution in [3.8, 4) is 0 Å². The third kappa shape index (κ3) is 3.38. The molecule has 0 aliphatic rings. The topological polar surface area (TPSA) is 20.3 Å². The van der Waals surface area contributed by atoms with Gasteiger partial charge in [0.05, 0.1) is 5.69 Å². The summed E-state index contributed by atoms with van der Waals surface area (Å²) in [4.78, 5) is 13.9. The average molecular weight is 305 g/mol. The minimum Gasteiger partial charge on any atom is -0.268 e. The van der Waals surface area contributed by atoms with Crippen LogP contribution in [-0.2, 0) is 0 Å². The molecule has 0 saturated carbocycles. The molecule has 1 amide bonds. The van der Waals surface area contributed by atoms with Crippen molar-refractivity contribution in [2.24, 2.45) is 0 Å². The van der Waals surface area contributed by atoms with Gasteiger partial charge >= 0.3 is 0 Å². The molecule has 0 fully saturated rings. The smallest absolute Gasteiger partial charge is 0.268 e. The Bertz CT molecular complexity index is 729. The molecular weight excluding hydrogens is 290 g/mol. The second-order valence-electron chi connectivity index (χ2n) is 4.71. The first-order valence-electron chi connectivity index (χ1n) is 7.02. The van der Waals surface area contributed by atoms with Crippen LogP contribution in [0.2, 0.25) is 0 Å². The molecule has 0 N–H and O–H groups in total. The fourth-order valence-electron chi connectivity index (χ4n) is 2.06. The Balaban J connectivity index is 1.95. The Kier molecular flexibility index (Phi) is 4.56. The number of carbonyl (C=O) groups excluding carboxylic acids is 1. The highest BCUT2D eigenvalue weighted by Crippen LogP contribution is 2.30. The third-order valence-electron chi connectivity index (χ3n) is 3.14. The Morgan fingerprint density at radius 3 is 1.77 bits per heavy atom. The van der Waals surface area contributed by atoms with E-state index in [1.807, 2.05) is 91.0 Å². The Morgan fingerprint density at radius 2 is 1.18 bits per heavy atom. The number of para-hydroxylation sites is 1. The Morgan fingerprint density at radius 1 is 0.682 bits per heavy atom. The van der Waals surface area contributed by atoms with E-state index in [-0.39, 0.29) is 5.91 Å². The average Bonchev–Trinajstić information content (AvgIpc) is 2.61. The molecule has 3 aromatic carbocycles. The summed E-state index contributed by atoms with van der Waals surface area (Å²) in [6, 6.07) is 29.0. The summed E-state index contributed by atoms with van der Waals surface area (Å²) in [6.45, 7) is 0. The van der Waals surface area contributed by atoms with Gasteiger partial charge in [-0.1, -0.05) is 54.6 Å². The summed E-state index contributed by atoms with van der Waals surface area (Å²) in [5.41, 5.74) is 1.54. The van der Waals surface area contributed by atoms with Gasteiger partial charge in [0.25, 0.3) is 5.91 Å². The fourth-order valence-corrected chi connectivity index (χ4v) is 2.96. The molecule has 0 heterocycles. The van der Waals surface area contributed by atoms with Gasteiger partial charge in [-0.2, -0.15) is 0 Å². The molecule has 0 bridgehead atoms. The molecule has 0 unspecified atom stereocenters. The molecule has 0 aliphatic carbocycles. The van der Waals surface area contributed by atoms with Crippen LogP contribution < -0.4 is 4.31 Å². The molecule has 3 heteroatoms. The third-order valence-corrected chi connectivity index (χ3v) is 4.18. The summed E-state index contributed by atoms with van der Waals surface area (Å²) in [5, 5.41) is 0. The lowest BCUT2D eigenvalue weighted by atomic mass is 10.2. The second kappa shape index (κ2) is 6.96. The van der Waals surface area contributed by atoms with E-state index in [4.69, 9.17) is 0 Å². The fraction of sp³-hybridized carbons (Fsp3) is 0. The van der Waals surface area contributed by atoms with Crippen LogP contribution in [0.3, 0.4) is 0 Å². The van der Waals surface area contributed by atoms with Crippen molar-refractivity contribution in [2.75, 3.05) is 4.31 Å². The van der Waals surface area contributed by atoms with E-state index in [2.05, 4.69) is 0 Å². The van der Waals surface area contributed by atoms with E-state index >= 15 is 0 Å². The van der Waals surface area contributed by atoms with Gasteiger partial charge in [0.2, 0.25) is 0 Å². The van der Waals surface area contributed by atoms with E-state index in [1.165, 1.54) is 11.9 Å². The second-order valence-corrected chi connectivity index (χ2v) is 5.72. The molecule has 0 spiro atoms. The number of benzene rings is 3. The maximum absolute atomic E-state index is 12.9. The van der Waals surface area contributed by atoms with Crippen molar-refractivity contribution in [3.05, 3.63) is 96.6 Å². The van der Waals surface area contributed by atoms with Crippen LogP contribution >= 0.6 is 11.9 Å². The van der Waals surface area contributed by atoms with E-state index in [0.29, 0.717) is 5.56 Å². The van der Waals surface area contributed by atoms with Gasteiger partial charge in [-0.15, -0.1) is 0 Å². The molecule has 108 valence electrons. The van der Waals surface area contributed by atoms with Gasteiger partial charge < -0.3 is 0 Å². The minimum atomic E-state index is -0.0272. The van der Waals surface area contributed by atoms with Crippen LogP contribution in [0, 0.1) is 0 Å². The van der Waals surface area contributed by atoms with Crippen LogP contribution in [-0.4, -0.2) is 5.91 Å². The first kappa shape index (κ1) is 14.4. The highest BCUT2D eigenvalue weighted by Gasteiger charge is 2.18. The lowest BCUT2D eigenvalue weighted by Crippen LogP contribution is -2.23. The van der Waals surface area contributed by atoms with Crippen LogP contribution in [0.5, 0.6) is 0 Å². The highest BCUT2D eigenvalue weighted by molar-refractivity contribution is 8.01. The summed E-state index contributed by atoms with van der Waals surface area (Å²) in [7, 11) is 0. The minimum absolute atomic E-state index is 0.0272. The maximum Gasteiger partial charge on any atom is 0.268 e. The van der Waals surface area contributed by atoms with Crippen LogP contribution in [0.1, 0.15) is 10.4 Å². The Hall–Kier alpha value is -2.52. The molecule has 2 nitrogen and oxygen atoms in total. The lowest BCUT2D eigenvalue weighted by molar-refractivity contribution is 0.101. The number of hydrogen-bond acceptors (Lipinski definition) is 2. The van der Waals surface area contributed by atoms with Crippen molar-refractivity contribution < 1.29 is 4.79 Å². The van der Waals surface area contributed by atoms with Crippen molar-refractivity contribution in [1.82, 2.24) is 0 Å². The zero-order valence-corrected chi connectivity index (χ0v) is 12.7. The first-order valence-corrected chi connectivity index (χ1v) is 7.79. The van der Waals surface area contributed by atoms with Gasteiger partial charge in [-0.05, 0) is 48.3 Å². The van der Waals surface area contributed by atoms with Gasteiger partial charge in [-0.3, -0.25) is 4.79 Å². The van der Waals surface area contributed by atoms with E-state index < -0.39 is 0 Å². The molecule has 0 atom stereocenters. The number of carbonyl (C=O) groups is 1. The van der Waals surface area contributed by atoms with E-state index in [1.54, 1.807) is 4.31 Å². The summed E-state index contributed by atoms with van der Waals surface area (Å²) < 4.78 is 1.73. The zero-order chi connectivity index (χ0) is 15.2. The molecular formula is C19H15NOS. The molecule has 0 radical (unpaired) electrons. The predicted octanol–water partition coefficient (Wildman–Crippen LogP) is 5.04. The van der Waals surface area contributed by atoms with Gasteiger partial charge in [-0.25, -0.2) is 4.31 Å². The first-order chi connectivity index (χ1) is 10.8. The molecule has 3 aromatic rings. The molecule has 22 heavy (non-hydrogen) atoms. The monoisotopic (exact) mass is 305 g/mol. The quantitative estimate of drug-likeness (QED) is 0.629. The molecule has 0 saturated heterocycles. The number of nitrogens with zero attached hydrogens (tertiary/aromatic N) is 1. The predicted molar refractivity (Wildman–Crippen MR) is 92.0 cm³/mol. The molecule has 0 aliphatic heterocycles.